The van der Waals surface area contributed by atoms with Crippen LogP contribution in [0.4, 0.5) is 0 Å². The fraction of sp³-hybridized carbons (Fsp3) is 0.833. The van der Waals surface area contributed by atoms with Crippen molar-refractivity contribution in [2.45, 2.75) is 39.5 Å². The molecule has 0 aromatic carbocycles. The van der Waals surface area contributed by atoms with Gasteiger partial charge in [-0.15, -0.1) is 0 Å². The molecule has 1 rings (SSSR count). The smallest absolute Gasteiger partial charge is 0.311 e. The summed E-state index contributed by atoms with van der Waals surface area (Å²) < 4.78 is 4.84. The van der Waals surface area contributed by atoms with Gasteiger partial charge in [0, 0.05) is 5.92 Å². The lowest BCUT2D eigenvalue weighted by molar-refractivity contribution is -0.163. The molecule has 0 aromatic rings. The molecule has 4 nitrogen and oxygen atoms in total. The van der Waals surface area contributed by atoms with Crippen LogP contribution in [0.3, 0.4) is 0 Å². The Balaban J connectivity index is 2.53. The molecule has 1 amide bonds. The molecule has 0 spiro atoms. The summed E-state index contributed by atoms with van der Waals surface area (Å²) in [5.74, 6) is -0.0323. The summed E-state index contributed by atoms with van der Waals surface area (Å²) in [7, 11) is 1.42. The summed E-state index contributed by atoms with van der Waals surface area (Å²) in [6.45, 7) is 3.92. The Morgan fingerprint density at radius 3 is 2.44 bits per heavy atom. The fourth-order valence-corrected chi connectivity index (χ4v) is 2.60. The second kappa shape index (κ2) is 4.85. The maximum Gasteiger partial charge on any atom is 0.311 e. The van der Waals surface area contributed by atoms with Gasteiger partial charge in [0.15, 0.2) is 0 Å². The first kappa shape index (κ1) is 13.0. The second-order valence-electron chi connectivity index (χ2n) is 5.13. The Hall–Kier alpha value is -1.06. The van der Waals surface area contributed by atoms with Gasteiger partial charge >= 0.3 is 5.97 Å². The standard InChI is InChI=1S/C12H21NO3/c1-8-6-12(7-8,11(15)16-3)5-4-9(2)10(13)14/h8-9H,4-7H2,1-3H3,(H2,13,14). The van der Waals surface area contributed by atoms with E-state index < -0.39 is 0 Å². The van der Waals surface area contributed by atoms with Crippen LogP contribution in [0.1, 0.15) is 39.5 Å². The number of amides is 1. The van der Waals surface area contributed by atoms with Crippen LogP contribution in [-0.4, -0.2) is 19.0 Å². The maximum atomic E-state index is 11.7. The highest BCUT2D eigenvalue weighted by atomic mass is 16.5. The van der Waals surface area contributed by atoms with E-state index in [1.54, 1.807) is 6.92 Å². The minimum absolute atomic E-state index is 0.137. The SMILES string of the molecule is COC(=O)C1(CCC(C)C(N)=O)CC(C)C1. The van der Waals surface area contributed by atoms with E-state index in [2.05, 4.69) is 6.92 Å². The van der Waals surface area contributed by atoms with E-state index in [1.807, 2.05) is 0 Å². The van der Waals surface area contributed by atoms with Gasteiger partial charge in [-0.2, -0.15) is 0 Å². The van der Waals surface area contributed by atoms with Crippen LogP contribution >= 0.6 is 0 Å². The lowest BCUT2D eigenvalue weighted by Crippen LogP contribution is -2.44. The molecular weight excluding hydrogens is 206 g/mol. The lowest BCUT2D eigenvalue weighted by atomic mass is 9.60. The number of primary amides is 1. The highest BCUT2D eigenvalue weighted by Gasteiger charge is 2.48. The largest absolute Gasteiger partial charge is 0.469 e. The third kappa shape index (κ3) is 2.54. The number of carbonyl (C=O) groups is 2. The number of esters is 1. The van der Waals surface area contributed by atoms with Gasteiger partial charge in [-0.3, -0.25) is 9.59 Å². The average Bonchev–Trinajstić information content (AvgIpc) is 2.20. The summed E-state index contributed by atoms with van der Waals surface area (Å²) in [5.41, 5.74) is 4.86. The Morgan fingerprint density at radius 1 is 1.50 bits per heavy atom. The van der Waals surface area contributed by atoms with E-state index in [1.165, 1.54) is 7.11 Å². The van der Waals surface area contributed by atoms with E-state index >= 15 is 0 Å². The van der Waals surface area contributed by atoms with E-state index in [-0.39, 0.29) is 23.2 Å². The van der Waals surface area contributed by atoms with Crippen LogP contribution in [0, 0.1) is 17.3 Å². The van der Waals surface area contributed by atoms with Gasteiger partial charge in [-0.1, -0.05) is 13.8 Å². The van der Waals surface area contributed by atoms with Crippen molar-refractivity contribution in [3.05, 3.63) is 0 Å². The van der Waals surface area contributed by atoms with Crippen LogP contribution in [-0.2, 0) is 14.3 Å². The molecule has 2 N–H and O–H groups in total. The molecule has 1 fully saturated rings. The Labute approximate surface area is 96.5 Å². The minimum Gasteiger partial charge on any atom is -0.469 e. The Kier molecular flexibility index (Phi) is 3.94. The molecule has 0 aromatic heterocycles. The molecule has 1 atom stereocenters. The van der Waals surface area contributed by atoms with Crippen molar-refractivity contribution in [3.63, 3.8) is 0 Å². The van der Waals surface area contributed by atoms with Gasteiger partial charge in [-0.25, -0.2) is 0 Å². The molecule has 0 bridgehead atoms. The molecule has 1 aliphatic carbocycles. The molecule has 0 saturated heterocycles. The van der Waals surface area contributed by atoms with Crippen molar-refractivity contribution in [3.8, 4) is 0 Å². The van der Waals surface area contributed by atoms with Gasteiger partial charge < -0.3 is 10.5 Å². The number of rotatable bonds is 5. The molecule has 0 radical (unpaired) electrons. The zero-order valence-electron chi connectivity index (χ0n) is 10.3. The van der Waals surface area contributed by atoms with Crippen molar-refractivity contribution in [1.29, 1.82) is 0 Å². The maximum absolute atomic E-state index is 11.7. The first-order valence-corrected chi connectivity index (χ1v) is 5.79. The van der Waals surface area contributed by atoms with Crippen molar-refractivity contribution < 1.29 is 14.3 Å². The third-order valence-electron chi connectivity index (χ3n) is 3.64. The highest BCUT2D eigenvalue weighted by molar-refractivity contribution is 5.78. The first-order chi connectivity index (χ1) is 7.41. The summed E-state index contributed by atoms with van der Waals surface area (Å²) in [4.78, 5) is 22.6. The number of methoxy groups -OCH3 is 1. The van der Waals surface area contributed by atoms with Crippen LogP contribution in [0.2, 0.25) is 0 Å². The molecule has 0 aliphatic heterocycles. The van der Waals surface area contributed by atoms with Crippen LogP contribution in [0.25, 0.3) is 0 Å². The summed E-state index contributed by atoms with van der Waals surface area (Å²) >= 11 is 0. The van der Waals surface area contributed by atoms with Crippen LogP contribution in [0.5, 0.6) is 0 Å². The number of hydrogen-bond donors (Lipinski definition) is 1. The van der Waals surface area contributed by atoms with E-state index in [0.717, 1.165) is 12.8 Å². The number of nitrogens with two attached hydrogens (primary N) is 1. The van der Waals surface area contributed by atoms with Gasteiger partial charge in [0.2, 0.25) is 5.91 Å². The molecule has 1 aliphatic rings. The van der Waals surface area contributed by atoms with Gasteiger partial charge in [0.05, 0.1) is 12.5 Å². The van der Waals surface area contributed by atoms with Gasteiger partial charge in [0.1, 0.15) is 0 Å². The van der Waals surface area contributed by atoms with Gasteiger partial charge in [0.25, 0.3) is 0 Å². The first-order valence-electron chi connectivity index (χ1n) is 5.79. The summed E-state index contributed by atoms with van der Waals surface area (Å²) in [5, 5.41) is 0. The molecule has 1 saturated carbocycles. The molecular formula is C12H21NO3. The van der Waals surface area contributed by atoms with Crippen LogP contribution < -0.4 is 5.73 Å². The zero-order chi connectivity index (χ0) is 12.3. The minimum atomic E-state index is -0.349. The monoisotopic (exact) mass is 227 g/mol. The predicted molar refractivity (Wildman–Crippen MR) is 60.4 cm³/mol. The van der Waals surface area contributed by atoms with E-state index in [0.29, 0.717) is 18.8 Å². The summed E-state index contributed by atoms with van der Waals surface area (Å²) in [6.07, 6.45) is 3.10. The van der Waals surface area contributed by atoms with E-state index in [4.69, 9.17) is 10.5 Å². The molecule has 0 heterocycles. The fourth-order valence-electron chi connectivity index (χ4n) is 2.60. The van der Waals surface area contributed by atoms with Crippen LogP contribution in [0.15, 0.2) is 0 Å². The van der Waals surface area contributed by atoms with Gasteiger partial charge in [-0.05, 0) is 31.6 Å². The topological polar surface area (TPSA) is 69.4 Å². The lowest BCUT2D eigenvalue weighted by Gasteiger charge is -2.44. The van der Waals surface area contributed by atoms with Crippen molar-refractivity contribution in [2.75, 3.05) is 7.11 Å². The molecule has 16 heavy (non-hydrogen) atoms. The number of ether oxygens (including phenoxy) is 1. The Bertz CT molecular complexity index is 282. The van der Waals surface area contributed by atoms with Crippen molar-refractivity contribution >= 4 is 11.9 Å². The number of carbonyl (C=O) groups excluding carboxylic acids is 2. The number of hydrogen-bond acceptors (Lipinski definition) is 3. The predicted octanol–water partition coefficient (Wildman–Crippen LogP) is 1.48. The normalized spacial score (nSPS) is 30.3. The Morgan fingerprint density at radius 2 is 2.06 bits per heavy atom. The second-order valence-corrected chi connectivity index (χ2v) is 5.13. The average molecular weight is 227 g/mol. The zero-order valence-corrected chi connectivity index (χ0v) is 10.3. The molecule has 4 heteroatoms. The quantitative estimate of drug-likeness (QED) is 0.723. The van der Waals surface area contributed by atoms with Crippen molar-refractivity contribution in [2.24, 2.45) is 23.0 Å². The third-order valence-corrected chi connectivity index (χ3v) is 3.64. The van der Waals surface area contributed by atoms with E-state index in [9.17, 15) is 9.59 Å². The highest BCUT2D eigenvalue weighted by Crippen LogP contribution is 2.50. The summed E-state index contributed by atoms with van der Waals surface area (Å²) in [6, 6.07) is 0. The molecule has 92 valence electrons. The molecule has 1 unspecified atom stereocenters. The van der Waals surface area contributed by atoms with Crippen molar-refractivity contribution in [1.82, 2.24) is 0 Å².